The van der Waals surface area contributed by atoms with Gasteiger partial charge in [-0.3, -0.25) is 0 Å². The fourth-order valence-corrected chi connectivity index (χ4v) is 3.98. The Morgan fingerprint density at radius 2 is 2.06 bits per heavy atom. The van der Waals surface area contributed by atoms with Gasteiger partial charge in [0.05, 0.1) is 6.10 Å². The van der Waals surface area contributed by atoms with Crippen LogP contribution in [-0.4, -0.2) is 31.0 Å². The van der Waals surface area contributed by atoms with Gasteiger partial charge in [0, 0.05) is 25.2 Å². The quantitative estimate of drug-likeness (QED) is 0.810. The molecule has 1 heterocycles. The van der Waals surface area contributed by atoms with E-state index in [-0.39, 0.29) is 11.5 Å². The predicted molar refractivity (Wildman–Crippen MR) is 73.3 cm³/mol. The summed E-state index contributed by atoms with van der Waals surface area (Å²) in [6, 6.07) is 0. The van der Waals surface area contributed by atoms with Crippen LogP contribution < -0.4 is 5.73 Å². The molecular weight excluding hydrogens is 226 g/mol. The summed E-state index contributed by atoms with van der Waals surface area (Å²) in [5.41, 5.74) is 6.06. The molecule has 18 heavy (non-hydrogen) atoms. The standard InChI is InChI=1S/C15H29NO2/c1-2-12-4-3-7-15(10-12,11-16)14(17)13-5-8-18-9-6-13/h12-14,17H,2-11,16H2,1H3. The van der Waals surface area contributed by atoms with Crippen molar-refractivity contribution in [1.82, 2.24) is 0 Å². The van der Waals surface area contributed by atoms with Crippen molar-refractivity contribution in [1.29, 1.82) is 0 Å². The fraction of sp³-hybridized carbons (Fsp3) is 1.00. The van der Waals surface area contributed by atoms with Crippen LogP contribution in [0.15, 0.2) is 0 Å². The minimum atomic E-state index is -0.222. The molecule has 3 N–H and O–H groups in total. The van der Waals surface area contributed by atoms with Gasteiger partial charge in [-0.2, -0.15) is 0 Å². The van der Waals surface area contributed by atoms with Gasteiger partial charge < -0.3 is 15.6 Å². The maximum atomic E-state index is 10.8. The lowest BCUT2D eigenvalue weighted by molar-refractivity contribution is -0.0781. The van der Waals surface area contributed by atoms with E-state index in [0.29, 0.717) is 12.5 Å². The predicted octanol–water partition coefficient (Wildman–Crippen LogP) is 2.32. The first kappa shape index (κ1) is 14.3. The molecule has 3 atom stereocenters. The van der Waals surface area contributed by atoms with E-state index in [4.69, 9.17) is 10.5 Å². The van der Waals surface area contributed by atoms with Crippen molar-refractivity contribution in [2.45, 2.75) is 58.0 Å². The normalized spacial score (nSPS) is 36.5. The number of aliphatic hydroxyl groups excluding tert-OH is 1. The fourth-order valence-electron chi connectivity index (χ4n) is 3.98. The summed E-state index contributed by atoms with van der Waals surface area (Å²) in [5, 5.41) is 10.8. The van der Waals surface area contributed by atoms with Crippen LogP contribution in [0.25, 0.3) is 0 Å². The summed E-state index contributed by atoms with van der Waals surface area (Å²) in [4.78, 5) is 0. The molecule has 1 saturated heterocycles. The summed E-state index contributed by atoms with van der Waals surface area (Å²) in [7, 11) is 0. The minimum Gasteiger partial charge on any atom is -0.392 e. The van der Waals surface area contributed by atoms with Crippen LogP contribution in [0.5, 0.6) is 0 Å². The Bertz CT molecular complexity index is 253. The zero-order chi connectivity index (χ0) is 13.0. The van der Waals surface area contributed by atoms with E-state index in [1.165, 1.54) is 19.3 Å². The number of aliphatic hydroxyl groups is 1. The van der Waals surface area contributed by atoms with Gasteiger partial charge >= 0.3 is 0 Å². The van der Waals surface area contributed by atoms with Gasteiger partial charge in [0.2, 0.25) is 0 Å². The molecule has 2 fully saturated rings. The third kappa shape index (κ3) is 2.89. The van der Waals surface area contributed by atoms with Crippen molar-refractivity contribution in [3.05, 3.63) is 0 Å². The average Bonchev–Trinajstić information content (AvgIpc) is 2.47. The van der Waals surface area contributed by atoms with E-state index in [0.717, 1.165) is 44.8 Å². The molecule has 0 spiro atoms. The van der Waals surface area contributed by atoms with E-state index in [9.17, 15) is 5.11 Å². The van der Waals surface area contributed by atoms with Gasteiger partial charge in [-0.25, -0.2) is 0 Å². The molecule has 106 valence electrons. The van der Waals surface area contributed by atoms with E-state index in [1.54, 1.807) is 0 Å². The van der Waals surface area contributed by atoms with Crippen molar-refractivity contribution in [3.8, 4) is 0 Å². The van der Waals surface area contributed by atoms with Crippen LogP contribution in [0.1, 0.15) is 51.9 Å². The zero-order valence-electron chi connectivity index (χ0n) is 11.7. The van der Waals surface area contributed by atoms with E-state index in [1.807, 2.05) is 0 Å². The van der Waals surface area contributed by atoms with E-state index < -0.39 is 0 Å². The third-order valence-corrected chi connectivity index (χ3v) is 5.31. The Kier molecular flexibility index (Phi) is 5.05. The molecule has 2 rings (SSSR count). The molecule has 0 aromatic rings. The van der Waals surface area contributed by atoms with Crippen molar-refractivity contribution < 1.29 is 9.84 Å². The summed E-state index contributed by atoms with van der Waals surface area (Å²) in [6.45, 7) is 4.51. The lowest BCUT2D eigenvalue weighted by Crippen LogP contribution is -2.49. The Labute approximate surface area is 111 Å². The lowest BCUT2D eigenvalue weighted by Gasteiger charge is -2.46. The molecule has 3 unspecified atom stereocenters. The Balaban J connectivity index is 2.04. The second kappa shape index (κ2) is 6.36. The molecule has 3 nitrogen and oxygen atoms in total. The Morgan fingerprint density at radius 1 is 1.33 bits per heavy atom. The Morgan fingerprint density at radius 3 is 2.67 bits per heavy atom. The molecule has 1 aliphatic carbocycles. The van der Waals surface area contributed by atoms with Crippen molar-refractivity contribution >= 4 is 0 Å². The summed E-state index contributed by atoms with van der Waals surface area (Å²) >= 11 is 0. The molecule has 2 aliphatic rings. The molecule has 3 heteroatoms. The highest BCUT2D eigenvalue weighted by molar-refractivity contribution is 4.95. The third-order valence-electron chi connectivity index (χ3n) is 5.31. The highest BCUT2D eigenvalue weighted by Crippen LogP contribution is 2.45. The first-order valence-electron chi connectivity index (χ1n) is 7.67. The van der Waals surface area contributed by atoms with Crippen LogP contribution in [-0.2, 0) is 4.74 Å². The molecule has 0 bridgehead atoms. The summed E-state index contributed by atoms with van der Waals surface area (Å²) in [6.07, 6.45) is 7.79. The molecule has 0 aromatic carbocycles. The second-order valence-corrected chi connectivity index (χ2v) is 6.33. The van der Waals surface area contributed by atoms with E-state index in [2.05, 4.69) is 6.92 Å². The smallest absolute Gasteiger partial charge is 0.0638 e. The van der Waals surface area contributed by atoms with Crippen molar-refractivity contribution in [3.63, 3.8) is 0 Å². The zero-order valence-corrected chi connectivity index (χ0v) is 11.7. The van der Waals surface area contributed by atoms with Gasteiger partial charge in [-0.15, -0.1) is 0 Å². The summed E-state index contributed by atoms with van der Waals surface area (Å²) < 4.78 is 5.40. The topological polar surface area (TPSA) is 55.5 Å². The first-order valence-corrected chi connectivity index (χ1v) is 7.67. The Hall–Kier alpha value is -0.120. The molecule has 0 aromatic heterocycles. The maximum Gasteiger partial charge on any atom is 0.0638 e. The van der Waals surface area contributed by atoms with Gasteiger partial charge in [0.15, 0.2) is 0 Å². The van der Waals surface area contributed by atoms with Gasteiger partial charge in [-0.1, -0.05) is 26.2 Å². The van der Waals surface area contributed by atoms with Crippen molar-refractivity contribution in [2.75, 3.05) is 19.8 Å². The van der Waals surface area contributed by atoms with Crippen LogP contribution in [0.2, 0.25) is 0 Å². The molecule has 1 saturated carbocycles. The SMILES string of the molecule is CCC1CCCC(CN)(C(O)C2CCOCC2)C1. The lowest BCUT2D eigenvalue weighted by atomic mass is 9.62. The van der Waals surface area contributed by atoms with E-state index >= 15 is 0 Å². The highest BCUT2D eigenvalue weighted by Gasteiger charge is 2.44. The second-order valence-electron chi connectivity index (χ2n) is 6.33. The number of rotatable bonds is 4. The first-order chi connectivity index (χ1) is 8.72. The van der Waals surface area contributed by atoms with Crippen LogP contribution in [0.3, 0.4) is 0 Å². The monoisotopic (exact) mass is 255 g/mol. The maximum absolute atomic E-state index is 10.8. The van der Waals surface area contributed by atoms with Crippen LogP contribution in [0, 0.1) is 17.3 Å². The molecule has 1 aliphatic heterocycles. The average molecular weight is 255 g/mol. The van der Waals surface area contributed by atoms with Gasteiger partial charge in [-0.05, 0) is 37.5 Å². The number of ether oxygens (including phenoxy) is 1. The van der Waals surface area contributed by atoms with Crippen LogP contribution in [0.4, 0.5) is 0 Å². The van der Waals surface area contributed by atoms with Crippen LogP contribution >= 0.6 is 0 Å². The van der Waals surface area contributed by atoms with Gasteiger partial charge in [0.25, 0.3) is 0 Å². The number of nitrogens with two attached hydrogens (primary N) is 1. The van der Waals surface area contributed by atoms with Gasteiger partial charge in [0.1, 0.15) is 0 Å². The molecular formula is C15H29NO2. The number of hydrogen-bond acceptors (Lipinski definition) is 3. The number of hydrogen-bond donors (Lipinski definition) is 2. The molecule has 0 radical (unpaired) electrons. The molecule has 0 amide bonds. The highest BCUT2D eigenvalue weighted by atomic mass is 16.5. The minimum absolute atomic E-state index is 0.0130. The summed E-state index contributed by atoms with van der Waals surface area (Å²) in [5.74, 6) is 1.16. The largest absolute Gasteiger partial charge is 0.392 e. The van der Waals surface area contributed by atoms with Crippen molar-refractivity contribution in [2.24, 2.45) is 23.0 Å².